The Morgan fingerprint density at radius 3 is 2.67 bits per heavy atom. The van der Waals surface area contributed by atoms with Gasteiger partial charge in [0.05, 0.1) is 12.8 Å². The lowest BCUT2D eigenvalue weighted by atomic mass is 10.1. The van der Waals surface area contributed by atoms with Crippen LogP contribution in [0.5, 0.6) is 5.75 Å². The summed E-state index contributed by atoms with van der Waals surface area (Å²) in [5, 5.41) is 6.48. The highest BCUT2D eigenvalue weighted by molar-refractivity contribution is 6.31. The van der Waals surface area contributed by atoms with E-state index in [9.17, 15) is 4.79 Å². The molecule has 0 aliphatic carbocycles. The lowest BCUT2D eigenvalue weighted by molar-refractivity contribution is 0.102. The number of carbonyl (C=O) groups is 1. The van der Waals surface area contributed by atoms with Crippen molar-refractivity contribution in [2.75, 3.05) is 17.7 Å². The van der Waals surface area contributed by atoms with Crippen LogP contribution in [0.3, 0.4) is 0 Å². The summed E-state index contributed by atoms with van der Waals surface area (Å²) < 4.78 is 5.25. The number of halogens is 1. The number of aryl methyl sites for hydroxylation is 1. The van der Waals surface area contributed by atoms with Crippen LogP contribution in [0.15, 0.2) is 48.8 Å². The van der Waals surface area contributed by atoms with E-state index in [-0.39, 0.29) is 11.6 Å². The number of carbonyl (C=O) groups excluding carboxylic acids is 1. The van der Waals surface area contributed by atoms with E-state index in [1.165, 1.54) is 19.0 Å². The molecule has 1 heterocycles. The van der Waals surface area contributed by atoms with E-state index in [0.29, 0.717) is 22.3 Å². The van der Waals surface area contributed by atoms with Gasteiger partial charge in [-0.25, -0.2) is 9.97 Å². The third-order valence-corrected chi connectivity index (χ3v) is 4.41. The lowest BCUT2D eigenvalue weighted by Crippen LogP contribution is -2.15. The van der Waals surface area contributed by atoms with Crippen molar-refractivity contribution in [2.24, 2.45) is 0 Å². The molecule has 3 aromatic rings. The summed E-state index contributed by atoms with van der Waals surface area (Å²) in [4.78, 5) is 20.8. The Hall–Kier alpha value is -3.12. The molecule has 0 aliphatic heterocycles. The van der Waals surface area contributed by atoms with Gasteiger partial charge in [0.25, 0.3) is 5.91 Å². The molecule has 6 nitrogen and oxygen atoms in total. The first-order valence-electron chi connectivity index (χ1n) is 8.28. The summed E-state index contributed by atoms with van der Waals surface area (Å²) in [6, 6.07) is 12.5. The predicted molar refractivity (Wildman–Crippen MR) is 107 cm³/mol. The van der Waals surface area contributed by atoms with Crippen LogP contribution in [0.25, 0.3) is 0 Å². The number of methoxy groups -OCH3 is 1. The van der Waals surface area contributed by atoms with Gasteiger partial charge in [-0.1, -0.05) is 23.7 Å². The van der Waals surface area contributed by atoms with Crippen LogP contribution in [0.2, 0.25) is 5.02 Å². The quantitative estimate of drug-likeness (QED) is 0.665. The zero-order valence-corrected chi connectivity index (χ0v) is 16.0. The average Bonchev–Trinajstić information content (AvgIpc) is 2.66. The van der Waals surface area contributed by atoms with Gasteiger partial charge in [-0.15, -0.1) is 0 Å². The zero-order chi connectivity index (χ0) is 19.4. The van der Waals surface area contributed by atoms with E-state index in [2.05, 4.69) is 20.6 Å². The number of benzene rings is 2. The fourth-order valence-corrected chi connectivity index (χ4v) is 2.71. The van der Waals surface area contributed by atoms with Crippen molar-refractivity contribution in [3.05, 3.63) is 70.6 Å². The molecule has 0 saturated carbocycles. The Kier molecular flexibility index (Phi) is 5.57. The van der Waals surface area contributed by atoms with Crippen molar-refractivity contribution in [2.45, 2.75) is 13.8 Å². The Morgan fingerprint density at radius 1 is 1.07 bits per heavy atom. The van der Waals surface area contributed by atoms with Crippen LogP contribution < -0.4 is 15.4 Å². The third kappa shape index (κ3) is 4.35. The van der Waals surface area contributed by atoms with E-state index in [4.69, 9.17) is 16.3 Å². The summed E-state index contributed by atoms with van der Waals surface area (Å²) in [6.07, 6.45) is 1.34. The van der Waals surface area contributed by atoms with E-state index < -0.39 is 0 Å². The second-order valence-corrected chi connectivity index (χ2v) is 6.40. The van der Waals surface area contributed by atoms with Crippen molar-refractivity contribution >= 4 is 34.7 Å². The van der Waals surface area contributed by atoms with Crippen LogP contribution in [-0.2, 0) is 0 Å². The molecule has 7 heteroatoms. The molecule has 2 N–H and O–H groups in total. The summed E-state index contributed by atoms with van der Waals surface area (Å²) in [7, 11) is 1.52. The molecule has 27 heavy (non-hydrogen) atoms. The smallest absolute Gasteiger partial charge is 0.274 e. The maximum Gasteiger partial charge on any atom is 0.274 e. The van der Waals surface area contributed by atoms with Crippen LogP contribution in [0.1, 0.15) is 21.6 Å². The van der Waals surface area contributed by atoms with Crippen molar-refractivity contribution in [1.29, 1.82) is 0 Å². The van der Waals surface area contributed by atoms with Gasteiger partial charge in [0.2, 0.25) is 0 Å². The third-order valence-electron chi connectivity index (χ3n) is 4.18. The fourth-order valence-electron chi connectivity index (χ4n) is 2.54. The Balaban J connectivity index is 1.82. The second kappa shape index (κ2) is 8.05. The minimum Gasteiger partial charge on any atom is -0.495 e. The van der Waals surface area contributed by atoms with Crippen LogP contribution in [0, 0.1) is 13.8 Å². The number of hydrogen-bond acceptors (Lipinski definition) is 5. The van der Waals surface area contributed by atoms with E-state index in [0.717, 1.165) is 11.3 Å². The van der Waals surface area contributed by atoms with Gasteiger partial charge in [0.1, 0.15) is 23.6 Å². The maximum atomic E-state index is 12.6. The normalized spacial score (nSPS) is 10.4. The molecular formula is C20H19ClN4O2. The van der Waals surface area contributed by atoms with Crippen LogP contribution in [0.4, 0.5) is 17.2 Å². The van der Waals surface area contributed by atoms with E-state index in [1.807, 2.05) is 32.0 Å². The molecule has 0 spiro atoms. The molecular weight excluding hydrogens is 364 g/mol. The number of ether oxygens (including phenoxy) is 1. The standard InChI is InChI=1S/C20H19ClN4O2/c1-12-5-4-6-15(13(12)2)24-19-10-17(22-11-23-19)20(26)25-16-9-14(21)7-8-18(16)27-3/h4-11H,1-3H3,(H,25,26)(H,22,23,24). The predicted octanol–water partition coefficient (Wildman–Crippen LogP) is 4.75. The largest absolute Gasteiger partial charge is 0.495 e. The van der Waals surface area contributed by atoms with Crippen molar-refractivity contribution in [3.63, 3.8) is 0 Å². The Bertz CT molecular complexity index is 991. The Labute approximate surface area is 162 Å². The molecule has 0 atom stereocenters. The number of nitrogens with one attached hydrogen (secondary N) is 2. The van der Waals surface area contributed by atoms with Gasteiger partial charge >= 0.3 is 0 Å². The highest BCUT2D eigenvalue weighted by atomic mass is 35.5. The first-order chi connectivity index (χ1) is 13.0. The number of anilines is 3. The maximum absolute atomic E-state index is 12.6. The van der Waals surface area contributed by atoms with Gasteiger partial charge in [0, 0.05) is 16.8 Å². The second-order valence-electron chi connectivity index (χ2n) is 5.96. The van der Waals surface area contributed by atoms with E-state index in [1.54, 1.807) is 24.3 Å². The van der Waals surface area contributed by atoms with Gasteiger partial charge in [-0.2, -0.15) is 0 Å². The van der Waals surface area contributed by atoms with Crippen molar-refractivity contribution in [3.8, 4) is 5.75 Å². The monoisotopic (exact) mass is 382 g/mol. The summed E-state index contributed by atoms with van der Waals surface area (Å²) in [5.41, 5.74) is 3.90. The summed E-state index contributed by atoms with van der Waals surface area (Å²) in [5.74, 6) is 0.652. The van der Waals surface area contributed by atoms with Gasteiger partial charge in [0.15, 0.2) is 0 Å². The first kappa shape index (κ1) is 18.7. The topological polar surface area (TPSA) is 76.1 Å². The van der Waals surface area contributed by atoms with E-state index >= 15 is 0 Å². The molecule has 0 aliphatic rings. The fraction of sp³-hybridized carbons (Fsp3) is 0.150. The number of nitrogens with zero attached hydrogens (tertiary/aromatic N) is 2. The highest BCUT2D eigenvalue weighted by Gasteiger charge is 2.13. The van der Waals surface area contributed by atoms with Gasteiger partial charge < -0.3 is 15.4 Å². The molecule has 0 radical (unpaired) electrons. The van der Waals surface area contributed by atoms with Crippen LogP contribution >= 0.6 is 11.6 Å². The summed E-state index contributed by atoms with van der Waals surface area (Å²) >= 11 is 6.00. The molecule has 3 rings (SSSR count). The number of hydrogen-bond donors (Lipinski definition) is 2. The number of aromatic nitrogens is 2. The molecule has 1 aromatic heterocycles. The molecule has 2 aromatic carbocycles. The molecule has 0 fully saturated rings. The molecule has 0 unspecified atom stereocenters. The first-order valence-corrected chi connectivity index (χ1v) is 8.66. The number of rotatable bonds is 5. The van der Waals surface area contributed by atoms with Crippen molar-refractivity contribution < 1.29 is 9.53 Å². The molecule has 0 saturated heterocycles. The lowest BCUT2D eigenvalue weighted by Gasteiger charge is -2.12. The molecule has 0 bridgehead atoms. The summed E-state index contributed by atoms with van der Waals surface area (Å²) in [6.45, 7) is 4.07. The Morgan fingerprint density at radius 2 is 1.89 bits per heavy atom. The van der Waals surface area contributed by atoms with Crippen LogP contribution in [-0.4, -0.2) is 23.0 Å². The van der Waals surface area contributed by atoms with Crippen molar-refractivity contribution in [1.82, 2.24) is 9.97 Å². The highest BCUT2D eigenvalue weighted by Crippen LogP contribution is 2.28. The molecule has 138 valence electrons. The minimum atomic E-state index is -0.387. The zero-order valence-electron chi connectivity index (χ0n) is 15.2. The SMILES string of the molecule is COc1ccc(Cl)cc1NC(=O)c1cc(Nc2cccc(C)c2C)ncn1. The minimum absolute atomic E-state index is 0.222. The molecule has 1 amide bonds. The number of amides is 1. The average molecular weight is 383 g/mol. The van der Waals surface area contributed by atoms with Gasteiger partial charge in [-0.05, 0) is 49.2 Å². The van der Waals surface area contributed by atoms with Gasteiger partial charge in [-0.3, -0.25) is 4.79 Å².